The molecule has 0 spiro atoms. The number of fused-ring (bicyclic) bond motifs is 1. The summed E-state index contributed by atoms with van der Waals surface area (Å²) in [6, 6.07) is 15.7. The van der Waals surface area contributed by atoms with Crippen LogP contribution < -0.4 is 10.2 Å². The lowest BCUT2D eigenvalue weighted by atomic mass is 9.99. The van der Waals surface area contributed by atoms with Crippen LogP contribution in [-0.4, -0.2) is 18.9 Å². The highest BCUT2D eigenvalue weighted by atomic mass is 16.2. The summed E-state index contributed by atoms with van der Waals surface area (Å²) >= 11 is 0. The van der Waals surface area contributed by atoms with Gasteiger partial charge in [0.15, 0.2) is 0 Å². The highest BCUT2D eigenvalue weighted by Gasteiger charge is 2.20. The summed E-state index contributed by atoms with van der Waals surface area (Å²) in [5, 5.41) is 2.95. The van der Waals surface area contributed by atoms with E-state index in [0.717, 1.165) is 23.2 Å². The zero-order valence-corrected chi connectivity index (χ0v) is 13.2. The number of nitrogens with zero attached hydrogens (tertiary/aromatic N) is 1. The third-order valence-corrected chi connectivity index (χ3v) is 4.18. The lowest BCUT2D eigenvalue weighted by Gasteiger charge is -2.26. The van der Waals surface area contributed by atoms with Gasteiger partial charge in [0.2, 0.25) is 11.8 Å². The second kappa shape index (κ2) is 6.65. The van der Waals surface area contributed by atoms with E-state index in [1.54, 1.807) is 4.90 Å². The number of benzene rings is 2. The normalized spacial score (nSPS) is 13.6. The molecule has 0 aliphatic carbocycles. The fourth-order valence-corrected chi connectivity index (χ4v) is 2.86. The Labute approximate surface area is 136 Å². The van der Waals surface area contributed by atoms with Crippen molar-refractivity contribution in [3.05, 3.63) is 65.2 Å². The van der Waals surface area contributed by atoms with Gasteiger partial charge in [-0.3, -0.25) is 9.59 Å². The topological polar surface area (TPSA) is 49.4 Å². The lowest BCUT2D eigenvalue weighted by molar-refractivity contribution is -0.120. The van der Waals surface area contributed by atoms with Crippen LogP contribution in [0.4, 0.5) is 5.69 Å². The molecule has 0 saturated carbocycles. The first-order valence-corrected chi connectivity index (χ1v) is 7.82. The summed E-state index contributed by atoms with van der Waals surface area (Å²) in [6.07, 6.45) is 1.71. The first kappa shape index (κ1) is 15.3. The number of nitrogens with one attached hydrogen (secondary N) is 1. The maximum atomic E-state index is 12.0. The molecule has 1 heterocycles. The van der Waals surface area contributed by atoms with E-state index >= 15 is 0 Å². The number of amides is 2. The van der Waals surface area contributed by atoms with Crippen molar-refractivity contribution in [3.63, 3.8) is 0 Å². The number of hydrogen-bond acceptors (Lipinski definition) is 2. The number of aryl methyl sites for hydroxylation is 1. The largest absolute Gasteiger partial charge is 0.352 e. The molecule has 4 heteroatoms. The van der Waals surface area contributed by atoms with Gasteiger partial charge in [-0.15, -0.1) is 0 Å². The third kappa shape index (κ3) is 3.59. The van der Waals surface area contributed by atoms with Gasteiger partial charge >= 0.3 is 0 Å². The van der Waals surface area contributed by atoms with Crippen molar-refractivity contribution >= 4 is 17.5 Å². The van der Waals surface area contributed by atoms with Crippen molar-refractivity contribution in [2.45, 2.75) is 25.8 Å². The molecule has 0 saturated heterocycles. The number of hydrogen-bond donors (Lipinski definition) is 1. The van der Waals surface area contributed by atoms with Crippen LogP contribution in [0.2, 0.25) is 0 Å². The van der Waals surface area contributed by atoms with Crippen LogP contribution in [0.25, 0.3) is 0 Å². The monoisotopic (exact) mass is 308 g/mol. The van der Waals surface area contributed by atoms with E-state index in [0.29, 0.717) is 19.4 Å². The van der Waals surface area contributed by atoms with Crippen LogP contribution in [0.1, 0.15) is 23.1 Å². The van der Waals surface area contributed by atoms with Crippen molar-refractivity contribution < 1.29 is 9.59 Å². The molecule has 1 N–H and O–H groups in total. The smallest absolute Gasteiger partial charge is 0.227 e. The summed E-state index contributed by atoms with van der Waals surface area (Å²) in [4.78, 5) is 25.4. The second-order valence-corrected chi connectivity index (χ2v) is 5.85. The lowest BCUT2D eigenvalue weighted by Crippen LogP contribution is -2.31. The Bertz CT molecular complexity index is 725. The molecule has 0 atom stereocenters. The molecule has 1 aliphatic heterocycles. The van der Waals surface area contributed by atoms with E-state index in [9.17, 15) is 9.59 Å². The average molecular weight is 308 g/mol. The quantitative estimate of drug-likeness (QED) is 0.943. The molecular weight excluding hydrogens is 288 g/mol. The predicted molar refractivity (Wildman–Crippen MR) is 90.2 cm³/mol. The van der Waals surface area contributed by atoms with Crippen LogP contribution in [0.3, 0.4) is 0 Å². The number of carbonyl (C=O) groups excluding carboxylic acids is 2. The number of carbonyl (C=O) groups is 2. The minimum absolute atomic E-state index is 0.0150. The summed E-state index contributed by atoms with van der Waals surface area (Å²) in [5.74, 6) is 0.169. The zero-order chi connectivity index (χ0) is 16.2. The molecule has 0 radical (unpaired) electrons. The van der Waals surface area contributed by atoms with Gasteiger partial charge in [0.05, 0.1) is 6.42 Å². The van der Waals surface area contributed by atoms with E-state index in [1.807, 2.05) is 49.5 Å². The maximum absolute atomic E-state index is 12.0. The van der Waals surface area contributed by atoms with Crippen LogP contribution in [-0.2, 0) is 29.0 Å². The summed E-state index contributed by atoms with van der Waals surface area (Å²) in [5.41, 5.74) is 4.21. The van der Waals surface area contributed by atoms with E-state index in [1.165, 1.54) is 5.56 Å². The van der Waals surface area contributed by atoms with E-state index in [2.05, 4.69) is 11.4 Å². The van der Waals surface area contributed by atoms with Gasteiger partial charge in [-0.2, -0.15) is 0 Å². The third-order valence-electron chi connectivity index (χ3n) is 4.18. The highest BCUT2D eigenvalue weighted by Crippen LogP contribution is 2.27. The molecule has 0 unspecified atom stereocenters. The number of anilines is 1. The summed E-state index contributed by atoms with van der Waals surface area (Å²) in [6.45, 7) is 0.511. The molecule has 118 valence electrons. The van der Waals surface area contributed by atoms with Gasteiger partial charge in [-0.05, 0) is 29.2 Å². The molecule has 2 aromatic carbocycles. The van der Waals surface area contributed by atoms with E-state index in [4.69, 9.17) is 0 Å². The van der Waals surface area contributed by atoms with Crippen molar-refractivity contribution in [1.82, 2.24) is 5.32 Å². The Morgan fingerprint density at radius 1 is 1.09 bits per heavy atom. The van der Waals surface area contributed by atoms with Gasteiger partial charge < -0.3 is 10.2 Å². The molecule has 0 bridgehead atoms. The van der Waals surface area contributed by atoms with Crippen LogP contribution in [0, 0.1) is 0 Å². The van der Waals surface area contributed by atoms with Gasteiger partial charge in [-0.25, -0.2) is 0 Å². The van der Waals surface area contributed by atoms with Gasteiger partial charge in [0.25, 0.3) is 0 Å². The molecular formula is C19H20N2O2. The van der Waals surface area contributed by atoms with Crippen molar-refractivity contribution in [1.29, 1.82) is 0 Å². The molecule has 2 aromatic rings. The first-order chi connectivity index (χ1) is 11.1. The van der Waals surface area contributed by atoms with Crippen LogP contribution >= 0.6 is 0 Å². The Kier molecular flexibility index (Phi) is 4.42. The van der Waals surface area contributed by atoms with Crippen LogP contribution in [0.5, 0.6) is 0 Å². The molecule has 0 fully saturated rings. The maximum Gasteiger partial charge on any atom is 0.227 e. The number of rotatable bonds is 4. The Morgan fingerprint density at radius 3 is 2.65 bits per heavy atom. The summed E-state index contributed by atoms with van der Waals surface area (Å²) in [7, 11) is 1.81. The molecule has 3 rings (SSSR count). The Hall–Kier alpha value is -2.62. The van der Waals surface area contributed by atoms with Crippen LogP contribution in [0.15, 0.2) is 48.5 Å². The standard InChI is InChI=1S/C19H20N2O2/c1-21-17-9-7-15(11-16(17)8-10-19(21)23)13-20-18(22)12-14-5-3-2-4-6-14/h2-7,9,11H,8,10,12-13H2,1H3,(H,20,22). The van der Waals surface area contributed by atoms with E-state index < -0.39 is 0 Å². The van der Waals surface area contributed by atoms with Gasteiger partial charge in [0.1, 0.15) is 0 Å². The zero-order valence-electron chi connectivity index (χ0n) is 13.2. The van der Waals surface area contributed by atoms with E-state index in [-0.39, 0.29) is 11.8 Å². The fourth-order valence-electron chi connectivity index (χ4n) is 2.86. The van der Waals surface area contributed by atoms with Crippen molar-refractivity contribution in [2.75, 3.05) is 11.9 Å². The Balaban J connectivity index is 1.61. The molecule has 1 aliphatic rings. The molecule has 4 nitrogen and oxygen atoms in total. The second-order valence-electron chi connectivity index (χ2n) is 5.85. The minimum Gasteiger partial charge on any atom is -0.352 e. The highest BCUT2D eigenvalue weighted by molar-refractivity contribution is 5.95. The first-order valence-electron chi connectivity index (χ1n) is 7.82. The molecule has 23 heavy (non-hydrogen) atoms. The summed E-state index contributed by atoms with van der Waals surface area (Å²) < 4.78 is 0. The molecule has 0 aromatic heterocycles. The van der Waals surface area contributed by atoms with Gasteiger partial charge in [0, 0.05) is 25.7 Å². The Morgan fingerprint density at radius 2 is 1.87 bits per heavy atom. The fraction of sp³-hybridized carbons (Fsp3) is 0.263. The average Bonchev–Trinajstić information content (AvgIpc) is 2.57. The SMILES string of the molecule is CN1C(=O)CCc2cc(CNC(=O)Cc3ccccc3)ccc21. The minimum atomic E-state index is 0.0150. The molecule has 2 amide bonds. The van der Waals surface area contributed by atoms with Crippen molar-refractivity contribution in [2.24, 2.45) is 0 Å². The predicted octanol–water partition coefficient (Wildman–Crippen LogP) is 2.45. The van der Waals surface area contributed by atoms with Gasteiger partial charge in [-0.1, -0.05) is 42.5 Å². The van der Waals surface area contributed by atoms with Crippen molar-refractivity contribution in [3.8, 4) is 0 Å².